The van der Waals surface area contributed by atoms with Crippen molar-refractivity contribution >= 4 is 42.4 Å². The van der Waals surface area contributed by atoms with E-state index >= 15 is 0 Å². The lowest BCUT2D eigenvalue weighted by Gasteiger charge is -2.30. The number of H-pyrrole nitrogens is 1. The minimum absolute atomic E-state index is 0.225. The van der Waals surface area contributed by atoms with Crippen molar-refractivity contribution in [2.24, 2.45) is 0 Å². The first-order chi connectivity index (χ1) is 12.1. The van der Waals surface area contributed by atoms with Crippen molar-refractivity contribution in [1.82, 2.24) is 10.3 Å². The molecule has 0 saturated carbocycles. The van der Waals surface area contributed by atoms with Gasteiger partial charge in [-0.25, -0.2) is 8.42 Å². The zero-order valence-electron chi connectivity index (χ0n) is 13.5. The minimum atomic E-state index is -3.59. The van der Waals surface area contributed by atoms with Crippen molar-refractivity contribution < 1.29 is 8.42 Å². The first-order valence-electron chi connectivity index (χ1n) is 8.14. The van der Waals surface area contributed by atoms with Gasteiger partial charge in [0.05, 0.1) is 4.90 Å². The second kappa shape index (κ2) is 6.48. The van der Waals surface area contributed by atoms with Gasteiger partial charge in [-0.2, -0.15) is 0 Å². The third-order valence-electron chi connectivity index (χ3n) is 4.47. The van der Waals surface area contributed by atoms with Crippen LogP contribution in [0.1, 0.15) is 0 Å². The van der Waals surface area contributed by atoms with Gasteiger partial charge < -0.3 is 15.2 Å². The molecule has 0 spiro atoms. The van der Waals surface area contributed by atoms with E-state index < -0.39 is 9.84 Å². The van der Waals surface area contributed by atoms with E-state index in [1.807, 2.05) is 18.2 Å². The van der Waals surface area contributed by atoms with Crippen LogP contribution in [0.15, 0.2) is 62.9 Å². The summed E-state index contributed by atoms with van der Waals surface area (Å²) in [5.74, 6) is 0. The molecule has 1 aliphatic rings. The van der Waals surface area contributed by atoms with Gasteiger partial charge in [0.1, 0.15) is 5.03 Å². The molecular weight excluding hydrogens is 402 g/mol. The molecule has 0 atom stereocenters. The Bertz CT molecular complexity index is 1020. The van der Waals surface area contributed by atoms with Crippen molar-refractivity contribution in [3.8, 4) is 0 Å². The first-order valence-corrected chi connectivity index (χ1v) is 10.4. The van der Waals surface area contributed by atoms with E-state index in [1.54, 1.807) is 24.3 Å². The molecule has 1 fully saturated rings. The molecular formula is C18H18BrN3O2S. The highest BCUT2D eigenvalue weighted by Crippen LogP contribution is 2.31. The topological polar surface area (TPSA) is 65.2 Å². The monoisotopic (exact) mass is 419 g/mol. The van der Waals surface area contributed by atoms with Crippen LogP contribution in [-0.2, 0) is 9.84 Å². The molecule has 4 rings (SSSR count). The highest BCUT2D eigenvalue weighted by Gasteiger charge is 2.22. The number of anilines is 1. The Morgan fingerprint density at radius 2 is 1.76 bits per heavy atom. The quantitative estimate of drug-likeness (QED) is 0.683. The van der Waals surface area contributed by atoms with Crippen LogP contribution in [0.2, 0.25) is 0 Å². The minimum Gasteiger partial charge on any atom is -0.368 e. The molecule has 130 valence electrons. The molecule has 0 aliphatic carbocycles. The molecule has 2 aromatic carbocycles. The number of halogens is 1. The number of aromatic nitrogens is 1. The fourth-order valence-corrected chi connectivity index (χ4v) is 5.06. The number of fused-ring (bicyclic) bond motifs is 1. The van der Waals surface area contributed by atoms with Crippen molar-refractivity contribution in [3.63, 3.8) is 0 Å². The van der Waals surface area contributed by atoms with Crippen molar-refractivity contribution in [2.75, 3.05) is 31.1 Å². The summed E-state index contributed by atoms with van der Waals surface area (Å²) in [5.41, 5.74) is 1.91. The average molecular weight is 420 g/mol. The predicted molar refractivity (Wildman–Crippen MR) is 103 cm³/mol. The van der Waals surface area contributed by atoms with Crippen LogP contribution in [0.5, 0.6) is 0 Å². The number of hydrogen-bond donors (Lipinski definition) is 2. The fourth-order valence-electron chi connectivity index (χ4n) is 3.20. The molecule has 7 heteroatoms. The van der Waals surface area contributed by atoms with E-state index in [2.05, 4.69) is 37.2 Å². The maximum Gasteiger partial charge on any atom is 0.221 e. The third kappa shape index (κ3) is 3.07. The van der Waals surface area contributed by atoms with Gasteiger partial charge in [0.15, 0.2) is 0 Å². The molecule has 2 heterocycles. The highest BCUT2D eigenvalue weighted by atomic mass is 79.9. The Labute approximate surface area is 155 Å². The maximum absolute atomic E-state index is 13.0. The number of rotatable bonds is 3. The van der Waals surface area contributed by atoms with Crippen LogP contribution < -0.4 is 10.2 Å². The van der Waals surface area contributed by atoms with Gasteiger partial charge in [-0.05, 0) is 36.4 Å². The lowest BCUT2D eigenvalue weighted by molar-refractivity contribution is 0.590. The zero-order valence-corrected chi connectivity index (χ0v) is 15.9. The largest absolute Gasteiger partial charge is 0.368 e. The van der Waals surface area contributed by atoms with E-state index in [4.69, 9.17) is 0 Å². The normalized spacial score (nSPS) is 15.6. The number of nitrogens with zero attached hydrogens (tertiary/aromatic N) is 1. The number of aromatic amines is 1. The van der Waals surface area contributed by atoms with Crippen LogP contribution in [0, 0.1) is 0 Å². The Hall–Kier alpha value is -1.83. The molecule has 3 aromatic rings. The van der Waals surface area contributed by atoms with Crippen molar-refractivity contribution in [2.45, 2.75) is 9.92 Å². The number of nitrogens with one attached hydrogen (secondary N) is 2. The van der Waals surface area contributed by atoms with E-state index in [0.29, 0.717) is 0 Å². The summed E-state index contributed by atoms with van der Waals surface area (Å²) < 4.78 is 26.7. The summed E-state index contributed by atoms with van der Waals surface area (Å²) in [5, 5.41) is 4.51. The molecule has 0 amide bonds. The lowest BCUT2D eigenvalue weighted by atomic mass is 10.2. The molecule has 25 heavy (non-hydrogen) atoms. The molecule has 1 aromatic heterocycles. The van der Waals surface area contributed by atoms with Crippen LogP contribution in [0.25, 0.3) is 10.9 Å². The highest BCUT2D eigenvalue weighted by molar-refractivity contribution is 9.10. The Balaban J connectivity index is 1.81. The Kier molecular flexibility index (Phi) is 4.31. The summed E-state index contributed by atoms with van der Waals surface area (Å²) in [4.78, 5) is 5.66. The summed E-state index contributed by atoms with van der Waals surface area (Å²) in [6, 6.07) is 14.5. The van der Waals surface area contributed by atoms with E-state index in [0.717, 1.165) is 47.2 Å². The molecule has 0 bridgehead atoms. The number of piperazine rings is 1. The average Bonchev–Trinajstić information content (AvgIpc) is 3.07. The molecule has 1 saturated heterocycles. The molecule has 1 aliphatic heterocycles. The smallest absolute Gasteiger partial charge is 0.221 e. The SMILES string of the molecule is O=S(=O)(c1cccc(Br)c1)c1cc2c(N3CCNCC3)cccc2[nH]1. The van der Waals surface area contributed by atoms with E-state index in [9.17, 15) is 8.42 Å². The number of hydrogen-bond acceptors (Lipinski definition) is 4. The zero-order chi connectivity index (χ0) is 17.4. The van der Waals surface area contributed by atoms with Gasteiger partial charge in [0.25, 0.3) is 0 Å². The number of benzene rings is 2. The van der Waals surface area contributed by atoms with Gasteiger partial charge in [-0.1, -0.05) is 28.1 Å². The van der Waals surface area contributed by atoms with Gasteiger partial charge in [0, 0.05) is 47.2 Å². The second-order valence-electron chi connectivity index (χ2n) is 6.07. The summed E-state index contributed by atoms with van der Waals surface area (Å²) in [6.45, 7) is 3.70. The maximum atomic E-state index is 13.0. The van der Waals surface area contributed by atoms with Gasteiger partial charge >= 0.3 is 0 Å². The van der Waals surface area contributed by atoms with Crippen molar-refractivity contribution in [1.29, 1.82) is 0 Å². The van der Waals surface area contributed by atoms with Gasteiger partial charge in [-0.3, -0.25) is 0 Å². The fraction of sp³-hybridized carbons (Fsp3) is 0.222. The van der Waals surface area contributed by atoms with E-state index in [-0.39, 0.29) is 9.92 Å². The Morgan fingerprint density at radius 1 is 1.00 bits per heavy atom. The summed E-state index contributed by atoms with van der Waals surface area (Å²) >= 11 is 3.34. The summed E-state index contributed by atoms with van der Waals surface area (Å²) in [6.07, 6.45) is 0. The standard InChI is InChI=1S/C18H18BrN3O2S/c19-13-3-1-4-14(11-13)25(23,24)18-12-15-16(21-18)5-2-6-17(15)22-9-7-20-8-10-22/h1-6,11-12,20-21H,7-10H2. The molecule has 2 N–H and O–H groups in total. The van der Waals surface area contributed by atoms with Crippen LogP contribution in [0.4, 0.5) is 5.69 Å². The van der Waals surface area contributed by atoms with Crippen molar-refractivity contribution in [3.05, 3.63) is 53.0 Å². The molecule has 5 nitrogen and oxygen atoms in total. The number of sulfone groups is 1. The first kappa shape index (κ1) is 16.6. The van der Waals surface area contributed by atoms with Crippen LogP contribution >= 0.6 is 15.9 Å². The third-order valence-corrected chi connectivity index (χ3v) is 6.64. The second-order valence-corrected chi connectivity index (χ2v) is 8.90. The lowest BCUT2D eigenvalue weighted by Crippen LogP contribution is -2.43. The summed E-state index contributed by atoms with van der Waals surface area (Å²) in [7, 11) is -3.59. The molecule has 0 unspecified atom stereocenters. The predicted octanol–water partition coefficient (Wildman–Crippen LogP) is 3.17. The van der Waals surface area contributed by atoms with Crippen LogP contribution in [-0.4, -0.2) is 39.6 Å². The van der Waals surface area contributed by atoms with Gasteiger partial charge in [0.2, 0.25) is 9.84 Å². The van der Waals surface area contributed by atoms with Gasteiger partial charge in [-0.15, -0.1) is 0 Å². The molecule has 0 radical (unpaired) electrons. The van der Waals surface area contributed by atoms with Crippen LogP contribution in [0.3, 0.4) is 0 Å². The van der Waals surface area contributed by atoms with E-state index in [1.165, 1.54) is 0 Å². The Morgan fingerprint density at radius 3 is 2.52 bits per heavy atom.